The second-order valence-electron chi connectivity index (χ2n) is 10.4. The van der Waals surface area contributed by atoms with Crippen LogP contribution < -0.4 is 22.5 Å². The lowest BCUT2D eigenvalue weighted by Crippen LogP contribution is -2.37. The normalized spacial score (nSPS) is 29.4. The third-order valence-electron chi connectivity index (χ3n) is 6.35. The number of rotatable bonds is 14. The molecule has 4 heterocycles. The predicted molar refractivity (Wildman–Crippen MR) is 163 cm³/mol. The van der Waals surface area contributed by atoms with Crippen molar-refractivity contribution in [3.63, 3.8) is 0 Å². The van der Waals surface area contributed by atoms with Gasteiger partial charge in [-0.05, 0) is 0 Å². The van der Waals surface area contributed by atoms with E-state index >= 15 is 0 Å². The zero-order valence-corrected chi connectivity index (χ0v) is 30.4. The molecule has 0 spiro atoms. The molecule has 2 aliphatic rings. The van der Waals surface area contributed by atoms with Crippen LogP contribution in [0.2, 0.25) is 0 Å². The predicted octanol–water partition coefficient (Wildman–Crippen LogP) is -5.12. The Hall–Kier alpha value is -2.21. The number of H-pyrrole nitrogens is 2. The van der Waals surface area contributed by atoms with Gasteiger partial charge in [-0.2, -0.15) is 12.9 Å². The second kappa shape index (κ2) is 17.5. The Labute approximate surface area is 295 Å². The first-order valence-corrected chi connectivity index (χ1v) is 21.2. The number of hydrogen-bond acceptors (Lipinski definition) is 20. The number of aromatic nitrogens is 4. The van der Waals surface area contributed by atoms with Crippen molar-refractivity contribution in [1.29, 1.82) is 0 Å². The second-order valence-corrected chi connectivity index (χ2v) is 17.6. The van der Waals surface area contributed by atoms with E-state index in [1.807, 2.05) is 9.97 Å². The van der Waals surface area contributed by atoms with E-state index in [-0.39, 0.29) is 0 Å². The number of aliphatic hydroxyl groups excluding tert-OH is 4. The van der Waals surface area contributed by atoms with Gasteiger partial charge < -0.3 is 64.2 Å². The number of hydrogen-bond donors (Lipinski definition) is 13. The number of nitrogens with zero attached hydrogens (tertiary/aromatic N) is 2. The SMILES string of the molecule is O=c1ccn([C@@H]2O[C@H](COP(=O)(O)OP(=O)(O)O)[C@@H](O)[C@H]2O)c(=O)[nH]1.O=c1ccn([C@@H]2O[C@H](COP(=O)(O)OP(=O)(O)OP(=O)(O)O)[C@@H](O)[C@H]2O)c(=O)[nH]1. The molecule has 3 unspecified atom stereocenters. The Morgan fingerprint density at radius 3 is 1.22 bits per heavy atom. The summed E-state index contributed by atoms with van der Waals surface area (Å²) < 4.78 is 86.2. The van der Waals surface area contributed by atoms with Crippen molar-refractivity contribution in [3.8, 4) is 0 Å². The highest BCUT2D eigenvalue weighted by Crippen LogP contribution is 2.66. The first-order chi connectivity index (χ1) is 24.5. The standard InChI is InChI=1S/C9H15N2O15P3.C9H14N2O12P2/c12-5-1-2-11(9(15)10-5)8-7(14)6(13)4(24-8)3-23-28(19,20)26-29(21,22)25-27(16,17)18;12-5-1-2-11(9(15)10-5)8-7(14)6(13)4(22-8)3-21-25(19,20)23-24(16,17)18/h1-2,4,6-8,13-14H,3H2,(H,19,20)(H,21,22)(H,10,12,15)(H2,16,17,18);1-2,4,6-8,13-14H,3H2,(H,19,20)(H,10,12,15)(H2,16,17,18)/t2*4-,6-,7-,8-/m11/s1. The molecule has 0 bridgehead atoms. The Morgan fingerprint density at radius 2 is 0.889 bits per heavy atom. The van der Waals surface area contributed by atoms with Gasteiger partial charge in [0.15, 0.2) is 12.5 Å². The fourth-order valence-electron chi connectivity index (χ4n) is 4.25. The molecular weight excluding hydrogens is 859 g/mol. The molecule has 2 saturated heterocycles. The van der Waals surface area contributed by atoms with Crippen LogP contribution in [-0.2, 0) is 54.3 Å². The molecule has 54 heavy (non-hydrogen) atoms. The van der Waals surface area contributed by atoms with Crippen molar-refractivity contribution < 1.29 is 109 Å². The molecule has 0 aliphatic carbocycles. The minimum Gasteiger partial charge on any atom is -0.387 e. The molecule has 2 aromatic rings. The van der Waals surface area contributed by atoms with Gasteiger partial charge in [-0.3, -0.25) is 37.7 Å². The van der Waals surface area contributed by atoms with Gasteiger partial charge in [-0.1, -0.05) is 0 Å². The van der Waals surface area contributed by atoms with Gasteiger partial charge in [0.1, 0.15) is 36.6 Å². The van der Waals surface area contributed by atoms with Crippen LogP contribution >= 0.6 is 39.1 Å². The van der Waals surface area contributed by atoms with E-state index in [1.165, 1.54) is 0 Å². The van der Waals surface area contributed by atoms with Crippen LogP contribution in [0.25, 0.3) is 0 Å². The first kappa shape index (κ1) is 46.2. The Kier molecular flexibility index (Phi) is 15.0. The zero-order valence-electron chi connectivity index (χ0n) is 25.9. The highest BCUT2D eigenvalue weighted by Gasteiger charge is 2.48. The van der Waals surface area contributed by atoms with Crippen molar-refractivity contribution in [1.82, 2.24) is 19.1 Å². The highest BCUT2D eigenvalue weighted by molar-refractivity contribution is 7.66. The van der Waals surface area contributed by atoms with E-state index in [9.17, 15) is 67.3 Å². The van der Waals surface area contributed by atoms with E-state index in [4.69, 9.17) is 38.8 Å². The molecule has 0 saturated carbocycles. The van der Waals surface area contributed by atoms with E-state index in [0.29, 0.717) is 4.57 Å². The van der Waals surface area contributed by atoms with Gasteiger partial charge >= 0.3 is 50.5 Å². The van der Waals surface area contributed by atoms with Crippen molar-refractivity contribution in [2.75, 3.05) is 13.2 Å². The lowest BCUT2D eigenvalue weighted by atomic mass is 10.1. The number of aliphatic hydroxyl groups is 4. The Morgan fingerprint density at radius 1 is 0.556 bits per heavy atom. The largest absolute Gasteiger partial charge is 0.490 e. The smallest absolute Gasteiger partial charge is 0.387 e. The van der Waals surface area contributed by atoms with Gasteiger partial charge in [0.2, 0.25) is 0 Å². The van der Waals surface area contributed by atoms with E-state index in [2.05, 4.69) is 22.0 Å². The summed E-state index contributed by atoms with van der Waals surface area (Å²) in [5, 5.41) is 39.7. The molecule has 0 radical (unpaired) electrons. The molecule has 308 valence electrons. The summed E-state index contributed by atoms with van der Waals surface area (Å²) in [7, 11) is -27.3. The third-order valence-corrected chi connectivity index (χ3v) is 12.3. The molecular formula is C18H29N4O27P5. The van der Waals surface area contributed by atoms with E-state index in [1.54, 1.807) is 0 Å². The Balaban J connectivity index is 0.000000294. The lowest BCUT2D eigenvalue weighted by Gasteiger charge is -2.19. The van der Waals surface area contributed by atoms with Crippen molar-refractivity contribution >= 4 is 39.1 Å². The monoisotopic (exact) mass is 888 g/mol. The molecule has 2 fully saturated rings. The van der Waals surface area contributed by atoms with Gasteiger partial charge in [0, 0.05) is 24.5 Å². The van der Waals surface area contributed by atoms with Crippen LogP contribution in [0, 0.1) is 0 Å². The summed E-state index contributed by atoms with van der Waals surface area (Å²) in [4.78, 5) is 111. The fourth-order valence-corrected chi connectivity index (χ4v) is 8.87. The lowest BCUT2D eigenvalue weighted by molar-refractivity contribution is -0.0542. The van der Waals surface area contributed by atoms with Gasteiger partial charge in [-0.15, -0.1) is 0 Å². The first-order valence-electron chi connectivity index (χ1n) is 13.7. The van der Waals surface area contributed by atoms with Gasteiger partial charge in [0.25, 0.3) is 11.1 Å². The summed E-state index contributed by atoms with van der Waals surface area (Å²) in [6, 6.07) is 1.88. The van der Waals surface area contributed by atoms with Crippen molar-refractivity contribution in [2.45, 2.75) is 49.1 Å². The number of aromatic amines is 2. The molecule has 13 N–H and O–H groups in total. The molecule has 2 aliphatic heterocycles. The fraction of sp³-hybridized carbons (Fsp3) is 0.556. The molecule has 0 aromatic carbocycles. The summed E-state index contributed by atoms with van der Waals surface area (Å²) in [5.41, 5.74) is -3.39. The van der Waals surface area contributed by atoms with Crippen LogP contribution in [0.4, 0.5) is 0 Å². The maximum absolute atomic E-state index is 11.7. The summed E-state index contributed by atoms with van der Waals surface area (Å²) in [6.45, 7) is -1.95. The van der Waals surface area contributed by atoms with Crippen LogP contribution in [0.5, 0.6) is 0 Å². The van der Waals surface area contributed by atoms with Crippen LogP contribution in [0.15, 0.2) is 43.7 Å². The molecule has 36 heteroatoms. The minimum absolute atomic E-state index is 0.704. The van der Waals surface area contributed by atoms with Crippen molar-refractivity contribution in [2.24, 2.45) is 0 Å². The molecule has 2 aromatic heterocycles. The van der Waals surface area contributed by atoms with Crippen LogP contribution in [-0.4, -0.2) is 124 Å². The zero-order chi connectivity index (χ0) is 41.2. The average molecular weight is 888 g/mol. The van der Waals surface area contributed by atoms with E-state index < -0.39 is 124 Å². The highest BCUT2D eigenvalue weighted by atomic mass is 31.3. The van der Waals surface area contributed by atoms with E-state index in [0.717, 1.165) is 29.1 Å². The molecule has 31 nitrogen and oxygen atoms in total. The number of nitrogens with one attached hydrogen (secondary N) is 2. The van der Waals surface area contributed by atoms with Crippen LogP contribution in [0.1, 0.15) is 12.5 Å². The van der Waals surface area contributed by atoms with Gasteiger partial charge in [0.05, 0.1) is 13.2 Å². The molecule has 0 amide bonds. The van der Waals surface area contributed by atoms with Crippen molar-refractivity contribution in [3.05, 3.63) is 66.2 Å². The summed E-state index contributed by atoms with van der Waals surface area (Å²) >= 11 is 0. The maximum Gasteiger partial charge on any atom is 0.490 e. The number of phosphoric ester groups is 2. The number of ether oxygens (including phenoxy) is 2. The Bertz CT molecular complexity index is 2120. The summed E-state index contributed by atoms with van der Waals surface area (Å²) in [5.74, 6) is 0. The third kappa shape index (κ3) is 13.5. The van der Waals surface area contributed by atoms with Crippen LogP contribution in [0.3, 0.4) is 0 Å². The maximum atomic E-state index is 11.7. The molecule has 4 rings (SSSR count). The topological polar surface area (TPSA) is 482 Å². The summed E-state index contributed by atoms with van der Waals surface area (Å²) in [6.07, 6.45) is -10.9. The average Bonchev–Trinajstić information content (AvgIpc) is 3.42. The molecule has 11 atom stereocenters. The quantitative estimate of drug-likeness (QED) is 0.0789. The van der Waals surface area contributed by atoms with Gasteiger partial charge in [-0.25, -0.2) is 32.4 Å². The number of phosphoric acid groups is 5. The minimum atomic E-state index is -5.73.